The van der Waals surface area contributed by atoms with Crippen molar-refractivity contribution < 1.29 is 4.74 Å². The molecule has 0 spiro atoms. The first-order valence-corrected chi connectivity index (χ1v) is 6.56. The van der Waals surface area contributed by atoms with E-state index in [0.717, 1.165) is 24.7 Å². The summed E-state index contributed by atoms with van der Waals surface area (Å²) in [4.78, 5) is 0. The summed E-state index contributed by atoms with van der Waals surface area (Å²) >= 11 is 6.11. The van der Waals surface area contributed by atoms with Crippen LogP contribution in [0.15, 0.2) is 18.2 Å². The second-order valence-corrected chi connectivity index (χ2v) is 6.28. The van der Waals surface area contributed by atoms with Crippen molar-refractivity contribution in [3.63, 3.8) is 0 Å². The van der Waals surface area contributed by atoms with E-state index in [0.29, 0.717) is 12.1 Å². The van der Waals surface area contributed by atoms with Gasteiger partial charge in [0.2, 0.25) is 0 Å². The van der Waals surface area contributed by atoms with Crippen LogP contribution in [0, 0.1) is 5.41 Å². The van der Waals surface area contributed by atoms with E-state index in [1.807, 2.05) is 6.07 Å². The van der Waals surface area contributed by atoms with Crippen LogP contribution < -0.4 is 5.32 Å². The van der Waals surface area contributed by atoms with Crippen molar-refractivity contribution in [1.29, 1.82) is 0 Å². The minimum absolute atomic E-state index is 0.253. The molecule has 1 fully saturated rings. The van der Waals surface area contributed by atoms with E-state index < -0.39 is 0 Å². The number of hydrogen-bond acceptors (Lipinski definition) is 2. The van der Waals surface area contributed by atoms with Gasteiger partial charge in [0, 0.05) is 11.1 Å². The first-order chi connectivity index (χ1) is 8.06. The van der Waals surface area contributed by atoms with Gasteiger partial charge in [-0.3, -0.25) is 0 Å². The highest BCUT2D eigenvalue weighted by molar-refractivity contribution is 6.30. The maximum absolute atomic E-state index is 6.11. The lowest BCUT2D eigenvalue weighted by atomic mass is 9.85. The Morgan fingerprint density at radius 1 is 1.35 bits per heavy atom. The molecule has 1 heterocycles. The van der Waals surface area contributed by atoms with Crippen LogP contribution in [-0.4, -0.2) is 19.3 Å². The topological polar surface area (TPSA) is 21.3 Å². The van der Waals surface area contributed by atoms with E-state index in [2.05, 4.69) is 31.3 Å². The SMILES string of the molecule is CC1(C)Cc2ccc(Cl)cc2C1NC1COC1. The Kier molecular flexibility index (Phi) is 2.69. The largest absolute Gasteiger partial charge is 0.378 e. The van der Waals surface area contributed by atoms with Crippen LogP contribution in [0.1, 0.15) is 31.0 Å². The lowest BCUT2D eigenvalue weighted by Crippen LogP contribution is -2.49. The summed E-state index contributed by atoms with van der Waals surface area (Å²) in [5, 5.41) is 4.54. The third kappa shape index (κ3) is 1.99. The maximum atomic E-state index is 6.11. The summed E-state index contributed by atoms with van der Waals surface area (Å²) in [7, 11) is 0. The summed E-state index contributed by atoms with van der Waals surface area (Å²) in [6.07, 6.45) is 1.12. The minimum Gasteiger partial charge on any atom is -0.378 e. The van der Waals surface area contributed by atoms with Crippen LogP contribution in [0.4, 0.5) is 0 Å². The van der Waals surface area contributed by atoms with Crippen molar-refractivity contribution in [1.82, 2.24) is 5.32 Å². The summed E-state index contributed by atoms with van der Waals surface area (Å²) in [6.45, 7) is 6.31. The fraction of sp³-hybridized carbons (Fsp3) is 0.571. The standard InChI is InChI=1S/C14H18ClNO/c1-14(2)6-9-3-4-10(15)5-12(9)13(14)16-11-7-17-8-11/h3-5,11,13,16H,6-8H2,1-2H3. The van der Waals surface area contributed by atoms with E-state index in [1.165, 1.54) is 11.1 Å². The lowest BCUT2D eigenvalue weighted by molar-refractivity contribution is -0.0163. The van der Waals surface area contributed by atoms with Gasteiger partial charge in [-0.1, -0.05) is 31.5 Å². The number of ether oxygens (including phenoxy) is 1. The normalized spacial score (nSPS) is 26.6. The molecule has 0 bridgehead atoms. The van der Waals surface area contributed by atoms with Gasteiger partial charge in [-0.05, 0) is 35.1 Å². The third-order valence-electron chi connectivity index (χ3n) is 3.89. The Balaban J connectivity index is 1.91. The zero-order valence-corrected chi connectivity index (χ0v) is 11.1. The predicted octanol–water partition coefficient (Wildman–Crippen LogP) is 2.95. The molecule has 3 heteroatoms. The fourth-order valence-corrected chi connectivity index (χ4v) is 3.07. The average molecular weight is 252 g/mol. The molecule has 0 radical (unpaired) electrons. The summed E-state index contributed by atoms with van der Waals surface area (Å²) in [6, 6.07) is 7.17. The van der Waals surface area contributed by atoms with Crippen LogP contribution in [0.2, 0.25) is 5.02 Å². The van der Waals surface area contributed by atoms with Crippen molar-refractivity contribution >= 4 is 11.6 Å². The van der Waals surface area contributed by atoms with Gasteiger partial charge in [-0.2, -0.15) is 0 Å². The maximum Gasteiger partial charge on any atom is 0.0643 e. The van der Waals surface area contributed by atoms with E-state index >= 15 is 0 Å². The molecule has 1 aliphatic heterocycles. The monoisotopic (exact) mass is 251 g/mol. The number of hydrogen-bond donors (Lipinski definition) is 1. The van der Waals surface area contributed by atoms with Gasteiger partial charge in [-0.15, -0.1) is 0 Å². The Morgan fingerprint density at radius 2 is 2.12 bits per heavy atom. The molecule has 1 unspecified atom stereocenters. The minimum atomic E-state index is 0.253. The van der Waals surface area contributed by atoms with Gasteiger partial charge in [0.1, 0.15) is 0 Å². The zero-order chi connectivity index (χ0) is 12.0. The summed E-state index contributed by atoms with van der Waals surface area (Å²) < 4.78 is 5.24. The Labute approximate surface area is 107 Å². The van der Waals surface area contributed by atoms with Crippen LogP contribution in [0.5, 0.6) is 0 Å². The molecule has 1 N–H and O–H groups in total. The molecule has 1 saturated heterocycles. The molecule has 0 aromatic heterocycles. The Bertz CT molecular complexity index is 440. The molecule has 2 aliphatic rings. The second-order valence-electron chi connectivity index (χ2n) is 5.84. The van der Waals surface area contributed by atoms with E-state index in [1.54, 1.807) is 0 Å². The Hall–Kier alpha value is -0.570. The molecule has 2 nitrogen and oxygen atoms in total. The average Bonchev–Trinajstić information content (AvgIpc) is 2.42. The molecule has 1 aliphatic carbocycles. The molecular formula is C14H18ClNO. The molecule has 1 aromatic carbocycles. The Morgan fingerprint density at radius 3 is 2.76 bits per heavy atom. The van der Waals surface area contributed by atoms with Gasteiger partial charge in [0.15, 0.2) is 0 Å². The quantitative estimate of drug-likeness (QED) is 0.873. The molecule has 1 atom stereocenters. The highest BCUT2D eigenvalue weighted by atomic mass is 35.5. The van der Waals surface area contributed by atoms with E-state index in [-0.39, 0.29) is 5.41 Å². The third-order valence-corrected chi connectivity index (χ3v) is 4.12. The molecule has 0 saturated carbocycles. The molecule has 17 heavy (non-hydrogen) atoms. The van der Waals surface area contributed by atoms with E-state index in [4.69, 9.17) is 16.3 Å². The summed E-state index contributed by atoms with van der Waals surface area (Å²) in [5.41, 5.74) is 3.05. The van der Waals surface area contributed by atoms with E-state index in [9.17, 15) is 0 Å². The van der Waals surface area contributed by atoms with Crippen LogP contribution >= 0.6 is 11.6 Å². The number of rotatable bonds is 2. The fourth-order valence-electron chi connectivity index (χ4n) is 2.89. The van der Waals surface area contributed by atoms with Crippen LogP contribution in [0.3, 0.4) is 0 Å². The smallest absolute Gasteiger partial charge is 0.0643 e. The highest BCUT2D eigenvalue weighted by Gasteiger charge is 2.40. The highest BCUT2D eigenvalue weighted by Crippen LogP contribution is 2.46. The summed E-state index contributed by atoms with van der Waals surface area (Å²) in [5.74, 6) is 0. The molecule has 92 valence electrons. The van der Waals surface area contributed by atoms with Crippen molar-refractivity contribution in [3.8, 4) is 0 Å². The molecule has 1 aromatic rings. The number of nitrogens with one attached hydrogen (secondary N) is 1. The first-order valence-electron chi connectivity index (χ1n) is 6.18. The van der Waals surface area contributed by atoms with Crippen LogP contribution in [-0.2, 0) is 11.2 Å². The molecule has 0 amide bonds. The van der Waals surface area contributed by atoms with Crippen molar-refractivity contribution in [3.05, 3.63) is 34.3 Å². The van der Waals surface area contributed by atoms with Crippen molar-refractivity contribution in [2.24, 2.45) is 5.41 Å². The second kappa shape index (κ2) is 3.98. The molecule has 3 rings (SSSR count). The van der Waals surface area contributed by atoms with Crippen LogP contribution in [0.25, 0.3) is 0 Å². The number of halogens is 1. The van der Waals surface area contributed by atoms with Crippen molar-refractivity contribution in [2.45, 2.75) is 32.4 Å². The first kappa shape index (κ1) is 11.5. The van der Waals surface area contributed by atoms with Gasteiger partial charge in [0.25, 0.3) is 0 Å². The predicted molar refractivity (Wildman–Crippen MR) is 69.4 cm³/mol. The van der Waals surface area contributed by atoms with Crippen molar-refractivity contribution in [2.75, 3.05) is 13.2 Å². The molecular weight excluding hydrogens is 234 g/mol. The lowest BCUT2D eigenvalue weighted by Gasteiger charge is -2.36. The van der Waals surface area contributed by atoms with Gasteiger partial charge >= 0.3 is 0 Å². The van der Waals surface area contributed by atoms with Gasteiger partial charge in [-0.25, -0.2) is 0 Å². The number of fused-ring (bicyclic) bond motifs is 1. The zero-order valence-electron chi connectivity index (χ0n) is 10.3. The van der Waals surface area contributed by atoms with Gasteiger partial charge < -0.3 is 10.1 Å². The number of benzene rings is 1. The van der Waals surface area contributed by atoms with Gasteiger partial charge in [0.05, 0.1) is 19.3 Å².